The molecule has 1 atom stereocenters. The molecule has 10 nitrogen and oxygen atoms in total. The Labute approximate surface area is 249 Å². The van der Waals surface area contributed by atoms with Gasteiger partial charge in [0.15, 0.2) is 0 Å². The molecule has 0 bridgehead atoms. The number of rotatable bonds is 13. The van der Waals surface area contributed by atoms with Gasteiger partial charge in [-0.1, -0.05) is 49.6 Å². The summed E-state index contributed by atoms with van der Waals surface area (Å²) >= 11 is 1.38. The Kier molecular flexibility index (Phi) is 10.8. The first-order valence-corrected chi connectivity index (χ1v) is 17.4. The topological polar surface area (TPSA) is 129 Å². The van der Waals surface area contributed by atoms with Gasteiger partial charge in [0, 0.05) is 51.4 Å². The summed E-state index contributed by atoms with van der Waals surface area (Å²) in [6.07, 6.45) is 10.5. The van der Waals surface area contributed by atoms with Crippen LogP contribution in [0.3, 0.4) is 0 Å². The second-order valence-electron chi connectivity index (χ2n) is 11.1. The predicted octanol–water partition coefficient (Wildman–Crippen LogP) is 3.50. The van der Waals surface area contributed by atoms with E-state index in [1.807, 2.05) is 11.5 Å². The molecule has 1 aliphatic carbocycles. The summed E-state index contributed by atoms with van der Waals surface area (Å²) in [4.78, 5) is 11.1. The summed E-state index contributed by atoms with van der Waals surface area (Å²) in [5.74, 6) is 1.57. The van der Waals surface area contributed by atoms with Crippen LogP contribution in [-0.2, 0) is 23.1 Å². The van der Waals surface area contributed by atoms with Crippen LogP contribution < -0.4 is 26.6 Å². The first-order chi connectivity index (χ1) is 20.0. The van der Waals surface area contributed by atoms with Crippen LogP contribution in [-0.4, -0.2) is 72.6 Å². The number of aromatic nitrogens is 2. The second-order valence-corrected chi connectivity index (χ2v) is 14.6. The van der Waals surface area contributed by atoms with Gasteiger partial charge in [-0.15, -0.1) is 11.8 Å². The Hall–Kier alpha value is -2.38. The van der Waals surface area contributed by atoms with Crippen molar-refractivity contribution in [3.63, 3.8) is 0 Å². The van der Waals surface area contributed by atoms with E-state index < -0.39 is 14.6 Å². The molecule has 1 aromatic heterocycles. The van der Waals surface area contributed by atoms with Crippen molar-refractivity contribution in [1.29, 1.82) is 0 Å². The molecule has 41 heavy (non-hydrogen) atoms. The Morgan fingerprint density at radius 2 is 1.68 bits per heavy atom. The number of nitrogens with one attached hydrogen (secondary N) is 3. The quantitative estimate of drug-likeness (QED) is 0.254. The number of hydrogen-bond acceptors (Lipinski definition) is 10. The average Bonchev–Trinajstić information content (AvgIpc) is 3.55. The van der Waals surface area contributed by atoms with Crippen molar-refractivity contribution in [1.82, 2.24) is 24.9 Å². The summed E-state index contributed by atoms with van der Waals surface area (Å²) in [6.45, 7) is 5.55. The molecule has 224 valence electrons. The minimum atomic E-state index is -3.31. The maximum atomic E-state index is 12.9. The number of anilines is 3. The van der Waals surface area contributed by atoms with E-state index in [1.54, 1.807) is 10.4 Å². The van der Waals surface area contributed by atoms with Crippen molar-refractivity contribution < 1.29 is 8.42 Å². The van der Waals surface area contributed by atoms with Crippen LogP contribution in [0, 0.1) is 0 Å². The van der Waals surface area contributed by atoms with Crippen LogP contribution in [0.15, 0.2) is 41.8 Å². The van der Waals surface area contributed by atoms with Crippen molar-refractivity contribution in [2.24, 2.45) is 0 Å². The maximum absolute atomic E-state index is 12.9. The van der Waals surface area contributed by atoms with Crippen LogP contribution in [0.2, 0.25) is 0 Å². The third kappa shape index (κ3) is 8.57. The normalized spacial score (nSPS) is 20.5. The van der Waals surface area contributed by atoms with E-state index in [9.17, 15) is 8.42 Å². The molecule has 2 aliphatic heterocycles. The second kappa shape index (κ2) is 14.7. The number of benzene rings is 1. The lowest BCUT2D eigenvalue weighted by Gasteiger charge is -2.35. The largest absolute Gasteiger partial charge is 0.383 e. The highest BCUT2D eigenvalue weighted by atomic mass is 32.3. The van der Waals surface area contributed by atoms with Gasteiger partial charge in [0.25, 0.3) is 0 Å². The zero-order chi connectivity index (χ0) is 28.5. The van der Waals surface area contributed by atoms with Crippen LogP contribution >= 0.6 is 11.8 Å². The van der Waals surface area contributed by atoms with E-state index in [1.165, 1.54) is 49.4 Å². The molecular formula is C29H44N8O2S2. The molecular weight excluding hydrogens is 557 g/mol. The van der Waals surface area contributed by atoms with E-state index in [-0.39, 0.29) is 0 Å². The monoisotopic (exact) mass is 600 g/mol. The molecule has 5 N–H and O–H groups in total. The van der Waals surface area contributed by atoms with Gasteiger partial charge in [-0.25, -0.2) is 8.42 Å². The van der Waals surface area contributed by atoms with Crippen LogP contribution in [0.4, 0.5) is 17.6 Å². The van der Waals surface area contributed by atoms with Gasteiger partial charge < -0.3 is 26.6 Å². The summed E-state index contributed by atoms with van der Waals surface area (Å²) in [5, 5.41) is 12.4. The smallest absolute Gasteiger partial charge is 0.227 e. The van der Waals surface area contributed by atoms with E-state index in [0.717, 1.165) is 37.7 Å². The van der Waals surface area contributed by atoms with E-state index in [2.05, 4.69) is 55.1 Å². The van der Waals surface area contributed by atoms with Gasteiger partial charge in [0.1, 0.15) is 16.2 Å². The van der Waals surface area contributed by atoms with Crippen LogP contribution in [0.25, 0.3) is 0 Å². The number of thioether (sulfide) groups is 1. The van der Waals surface area contributed by atoms with Crippen molar-refractivity contribution in [3.05, 3.63) is 52.9 Å². The third-order valence-corrected chi connectivity index (χ3v) is 11.9. The van der Waals surface area contributed by atoms with E-state index in [4.69, 9.17) is 5.73 Å². The average molecular weight is 601 g/mol. The van der Waals surface area contributed by atoms with Crippen LogP contribution in [0.5, 0.6) is 0 Å². The molecule has 2 aromatic rings. The SMILES string of the molecule is Nc1cc(N2CCN(S(=O)(=O)C3CC=CS3)CC2)nc(NCc2ccc(CNCCCNC3CCCCC3)cc2)n1. The molecule has 12 heteroatoms. The third-order valence-electron chi connectivity index (χ3n) is 8.01. The number of hydrogen-bond donors (Lipinski definition) is 4. The fraction of sp³-hybridized carbons (Fsp3) is 0.586. The molecule has 3 heterocycles. The van der Waals surface area contributed by atoms with Crippen molar-refractivity contribution in [2.45, 2.75) is 68.7 Å². The highest BCUT2D eigenvalue weighted by Crippen LogP contribution is 2.31. The van der Waals surface area contributed by atoms with Gasteiger partial charge in [0.2, 0.25) is 16.0 Å². The van der Waals surface area contributed by atoms with Crippen LogP contribution in [0.1, 0.15) is 56.1 Å². The molecule has 5 rings (SSSR count). The molecule has 1 saturated heterocycles. The molecule has 2 fully saturated rings. The van der Waals surface area contributed by atoms with Gasteiger partial charge in [0.05, 0.1) is 0 Å². The number of nitrogens with zero attached hydrogens (tertiary/aromatic N) is 4. The highest BCUT2D eigenvalue weighted by Gasteiger charge is 2.35. The van der Waals surface area contributed by atoms with Gasteiger partial charge >= 0.3 is 0 Å². The molecule has 1 aromatic carbocycles. The van der Waals surface area contributed by atoms with Gasteiger partial charge in [-0.05, 0) is 55.3 Å². The Balaban J connectivity index is 1.03. The molecule has 3 aliphatic rings. The molecule has 0 radical (unpaired) electrons. The minimum absolute atomic E-state index is 0.386. The number of nitrogens with two attached hydrogens (primary N) is 1. The van der Waals surface area contributed by atoms with E-state index >= 15 is 0 Å². The Morgan fingerprint density at radius 3 is 2.39 bits per heavy atom. The van der Waals surface area contributed by atoms with Gasteiger partial charge in [-0.3, -0.25) is 0 Å². The number of nitrogen functional groups attached to an aromatic ring is 1. The molecule has 1 saturated carbocycles. The lowest BCUT2D eigenvalue weighted by molar-refractivity contribution is 0.371. The maximum Gasteiger partial charge on any atom is 0.227 e. The molecule has 0 spiro atoms. The van der Waals surface area contributed by atoms with E-state index in [0.29, 0.717) is 56.7 Å². The fourth-order valence-electron chi connectivity index (χ4n) is 5.60. The Bertz CT molecular complexity index is 1240. The summed E-state index contributed by atoms with van der Waals surface area (Å²) in [6, 6.07) is 11.0. The van der Waals surface area contributed by atoms with Crippen molar-refractivity contribution in [3.8, 4) is 0 Å². The lowest BCUT2D eigenvalue weighted by atomic mass is 9.95. The van der Waals surface area contributed by atoms with Gasteiger partial charge in [-0.2, -0.15) is 14.3 Å². The first-order valence-electron chi connectivity index (χ1n) is 14.9. The molecule has 0 amide bonds. The lowest BCUT2D eigenvalue weighted by Crippen LogP contribution is -2.50. The summed E-state index contributed by atoms with van der Waals surface area (Å²) < 4.78 is 27.0. The number of allylic oxidation sites excluding steroid dienone is 1. The summed E-state index contributed by atoms with van der Waals surface area (Å²) in [7, 11) is -3.31. The fourth-order valence-corrected chi connectivity index (χ4v) is 8.70. The van der Waals surface area contributed by atoms with Crippen molar-refractivity contribution >= 4 is 39.4 Å². The Morgan fingerprint density at radius 1 is 0.951 bits per heavy atom. The molecule has 1 unspecified atom stereocenters. The first kappa shape index (κ1) is 30.1. The standard InChI is InChI=1S/C29H44N8O2S2/c30-26-20-27(36-15-17-37(18-16-36)41(38,39)28-8-4-19-40-28)35-29(34-26)33-22-24-11-9-23(10-12-24)21-31-13-5-14-32-25-6-2-1-3-7-25/h4,9-12,19-20,25,28,31-32H,1-3,5-8,13-18,21-22H2,(H3,30,33,34,35). The highest BCUT2D eigenvalue weighted by molar-refractivity contribution is 8.14. The minimum Gasteiger partial charge on any atom is -0.383 e. The zero-order valence-corrected chi connectivity index (χ0v) is 25.4. The number of sulfonamides is 1. The predicted molar refractivity (Wildman–Crippen MR) is 169 cm³/mol. The summed E-state index contributed by atoms with van der Waals surface area (Å²) in [5.41, 5.74) is 8.50. The van der Waals surface area contributed by atoms with Crippen molar-refractivity contribution in [2.75, 3.05) is 55.2 Å². The zero-order valence-electron chi connectivity index (χ0n) is 23.8. The number of piperazine rings is 1.